The highest BCUT2D eigenvalue weighted by Crippen LogP contribution is 2.22. The van der Waals surface area contributed by atoms with Crippen LogP contribution in [-0.2, 0) is 4.79 Å². The smallest absolute Gasteiger partial charge is 0.216 e. The molecule has 0 aromatic carbocycles. The highest BCUT2D eigenvalue weighted by Gasteiger charge is 2.21. The lowest BCUT2D eigenvalue weighted by Gasteiger charge is -2.19. The molecular weight excluding hydrogens is 234 g/mol. The minimum Gasteiger partial charge on any atom is -0.397 e. The fourth-order valence-electron chi connectivity index (χ4n) is 1.56. The molecule has 1 aromatic heterocycles. The summed E-state index contributed by atoms with van der Waals surface area (Å²) in [5, 5.41) is 22.3. The lowest BCUT2D eigenvalue weighted by molar-refractivity contribution is -0.119. The van der Waals surface area contributed by atoms with E-state index in [0.717, 1.165) is 0 Å². The van der Waals surface area contributed by atoms with Gasteiger partial charge < -0.3 is 21.3 Å². The predicted octanol–water partition coefficient (Wildman–Crippen LogP) is -0.107. The van der Waals surface area contributed by atoms with Gasteiger partial charge in [-0.05, 0) is 25.5 Å². The molecule has 0 bridgehead atoms. The number of hydrogen-bond acceptors (Lipinski definition) is 5. The third-order valence-corrected chi connectivity index (χ3v) is 2.56. The summed E-state index contributed by atoms with van der Waals surface area (Å²) in [6.45, 7) is 3.46. The number of nitrogens with two attached hydrogens (primary N) is 1. The molecular formula is C12H19N3O3. The van der Waals surface area contributed by atoms with E-state index in [2.05, 4.69) is 10.3 Å². The highest BCUT2D eigenvalue weighted by atomic mass is 16.3. The normalized spacial score (nSPS) is 14.0. The Morgan fingerprint density at radius 1 is 1.50 bits per heavy atom. The average Bonchev–Trinajstić information content (AvgIpc) is 2.30. The quantitative estimate of drug-likeness (QED) is 0.585. The molecule has 18 heavy (non-hydrogen) atoms. The standard InChI is InChI=1S/C12H19N3O3/c1-7-3-4-9(13)11(15-7)12(18)10(17)5-6-14-8(2)16/h3-4,10,12,17-18H,5-6,13H2,1-2H3,(H,14,16). The summed E-state index contributed by atoms with van der Waals surface area (Å²) < 4.78 is 0. The summed E-state index contributed by atoms with van der Waals surface area (Å²) >= 11 is 0. The van der Waals surface area contributed by atoms with Gasteiger partial charge in [0.25, 0.3) is 0 Å². The molecule has 100 valence electrons. The van der Waals surface area contributed by atoms with Crippen LogP contribution >= 0.6 is 0 Å². The molecule has 0 radical (unpaired) electrons. The molecule has 1 rings (SSSR count). The van der Waals surface area contributed by atoms with Gasteiger partial charge in [-0.1, -0.05) is 0 Å². The van der Waals surface area contributed by atoms with Crippen molar-refractivity contribution in [1.82, 2.24) is 10.3 Å². The van der Waals surface area contributed by atoms with Crippen LogP contribution < -0.4 is 11.1 Å². The SMILES string of the molecule is CC(=O)NCCC(O)C(O)c1nc(C)ccc1N. The number of carbonyl (C=O) groups is 1. The maximum atomic E-state index is 10.7. The van der Waals surface area contributed by atoms with Crippen LogP contribution in [0.25, 0.3) is 0 Å². The van der Waals surface area contributed by atoms with E-state index < -0.39 is 12.2 Å². The first-order valence-corrected chi connectivity index (χ1v) is 5.75. The number of pyridine rings is 1. The summed E-state index contributed by atoms with van der Waals surface area (Å²) in [5.74, 6) is -0.176. The van der Waals surface area contributed by atoms with E-state index in [1.807, 2.05) is 0 Å². The summed E-state index contributed by atoms with van der Waals surface area (Å²) in [7, 11) is 0. The zero-order valence-corrected chi connectivity index (χ0v) is 10.6. The Morgan fingerprint density at radius 2 is 2.17 bits per heavy atom. The van der Waals surface area contributed by atoms with Gasteiger partial charge in [0.05, 0.1) is 17.5 Å². The van der Waals surface area contributed by atoms with Gasteiger partial charge in [-0.2, -0.15) is 0 Å². The zero-order valence-electron chi connectivity index (χ0n) is 10.6. The van der Waals surface area contributed by atoms with Crippen LogP contribution in [0, 0.1) is 6.92 Å². The average molecular weight is 253 g/mol. The fourth-order valence-corrected chi connectivity index (χ4v) is 1.56. The van der Waals surface area contributed by atoms with Crippen molar-refractivity contribution in [2.24, 2.45) is 0 Å². The van der Waals surface area contributed by atoms with Crippen LogP contribution in [0.4, 0.5) is 5.69 Å². The van der Waals surface area contributed by atoms with Gasteiger partial charge in [0.15, 0.2) is 0 Å². The number of nitrogens with zero attached hydrogens (tertiary/aromatic N) is 1. The Balaban J connectivity index is 2.64. The van der Waals surface area contributed by atoms with Crippen molar-refractivity contribution in [2.45, 2.75) is 32.5 Å². The van der Waals surface area contributed by atoms with Crippen molar-refractivity contribution >= 4 is 11.6 Å². The number of rotatable bonds is 5. The van der Waals surface area contributed by atoms with Gasteiger partial charge in [-0.15, -0.1) is 0 Å². The summed E-state index contributed by atoms with van der Waals surface area (Å²) in [4.78, 5) is 14.8. The number of nitrogen functional groups attached to an aromatic ring is 1. The Morgan fingerprint density at radius 3 is 2.78 bits per heavy atom. The Bertz CT molecular complexity index is 423. The fraction of sp³-hybridized carbons (Fsp3) is 0.500. The lowest BCUT2D eigenvalue weighted by Crippen LogP contribution is -2.28. The van der Waals surface area contributed by atoms with Crippen molar-refractivity contribution in [1.29, 1.82) is 0 Å². The number of hydrogen-bond donors (Lipinski definition) is 4. The van der Waals surface area contributed by atoms with Gasteiger partial charge in [0.1, 0.15) is 6.10 Å². The predicted molar refractivity (Wildman–Crippen MR) is 67.7 cm³/mol. The van der Waals surface area contributed by atoms with Gasteiger partial charge in [-0.25, -0.2) is 0 Å². The van der Waals surface area contributed by atoms with E-state index in [1.165, 1.54) is 6.92 Å². The summed E-state index contributed by atoms with van der Waals surface area (Å²) in [5.41, 5.74) is 7.03. The molecule has 5 N–H and O–H groups in total. The second kappa shape index (κ2) is 6.32. The number of amides is 1. The molecule has 0 saturated heterocycles. The third-order valence-electron chi connectivity index (χ3n) is 2.56. The van der Waals surface area contributed by atoms with Crippen molar-refractivity contribution in [3.8, 4) is 0 Å². The highest BCUT2D eigenvalue weighted by molar-refractivity contribution is 5.72. The zero-order chi connectivity index (χ0) is 13.7. The van der Waals surface area contributed by atoms with Gasteiger partial charge >= 0.3 is 0 Å². The van der Waals surface area contributed by atoms with E-state index in [4.69, 9.17) is 5.73 Å². The van der Waals surface area contributed by atoms with Crippen LogP contribution in [0.15, 0.2) is 12.1 Å². The number of aliphatic hydroxyl groups is 2. The molecule has 1 amide bonds. The summed E-state index contributed by atoms with van der Waals surface area (Å²) in [6, 6.07) is 3.37. The molecule has 0 aliphatic carbocycles. The molecule has 0 aliphatic rings. The first kappa shape index (κ1) is 14.4. The van der Waals surface area contributed by atoms with Crippen molar-refractivity contribution in [3.63, 3.8) is 0 Å². The van der Waals surface area contributed by atoms with Crippen molar-refractivity contribution in [3.05, 3.63) is 23.5 Å². The Labute approximate surface area is 106 Å². The molecule has 0 saturated carbocycles. The van der Waals surface area contributed by atoms with E-state index in [0.29, 0.717) is 17.9 Å². The second-order valence-corrected chi connectivity index (χ2v) is 4.21. The molecule has 2 atom stereocenters. The molecule has 1 heterocycles. The Hall–Kier alpha value is -1.66. The second-order valence-electron chi connectivity index (χ2n) is 4.21. The number of aromatic nitrogens is 1. The van der Waals surface area contributed by atoms with E-state index >= 15 is 0 Å². The monoisotopic (exact) mass is 253 g/mol. The van der Waals surface area contributed by atoms with Gasteiger partial charge in [0, 0.05) is 19.2 Å². The van der Waals surface area contributed by atoms with Crippen LogP contribution in [-0.4, -0.2) is 33.8 Å². The number of aryl methyl sites for hydroxylation is 1. The van der Waals surface area contributed by atoms with E-state index in [9.17, 15) is 15.0 Å². The number of carbonyl (C=O) groups excluding carboxylic acids is 1. The number of nitrogens with one attached hydrogen (secondary N) is 1. The van der Waals surface area contributed by atoms with Gasteiger partial charge in [-0.3, -0.25) is 9.78 Å². The molecule has 6 nitrogen and oxygen atoms in total. The van der Waals surface area contributed by atoms with E-state index in [-0.39, 0.29) is 18.0 Å². The maximum absolute atomic E-state index is 10.7. The molecule has 0 aliphatic heterocycles. The minimum absolute atomic E-state index is 0.176. The topological polar surface area (TPSA) is 108 Å². The lowest BCUT2D eigenvalue weighted by atomic mass is 10.1. The minimum atomic E-state index is -1.15. The largest absolute Gasteiger partial charge is 0.397 e. The first-order valence-electron chi connectivity index (χ1n) is 5.75. The molecule has 6 heteroatoms. The van der Waals surface area contributed by atoms with Crippen molar-refractivity contribution < 1.29 is 15.0 Å². The van der Waals surface area contributed by atoms with Crippen molar-refractivity contribution in [2.75, 3.05) is 12.3 Å². The van der Waals surface area contributed by atoms with Crippen LogP contribution in [0.5, 0.6) is 0 Å². The number of anilines is 1. The molecule has 0 fully saturated rings. The van der Waals surface area contributed by atoms with Gasteiger partial charge in [0.2, 0.25) is 5.91 Å². The number of aliphatic hydroxyl groups excluding tert-OH is 2. The molecule has 1 aromatic rings. The van der Waals surface area contributed by atoms with Crippen LogP contribution in [0.3, 0.4) is 0 Å². The summed E-state index contributed by atoms with van der Waals surface area (Å²) in [6.07, 6.45) is -1.94. The van der Waals surface area contributed by atoms with Crippen LogP contribution in [0.2, 0.25) is 0 Å². The molecule has 2 unspecified atom stereocenters. The Kier molecular flexibility index (Phi) is 5.06. The molecule has 0 spiro atoms. The van der Waals surface area contributed by atoms with E-state index in [1.54, 1.807) is 19.1 Å². The van der Waals surface area contributed by atoms with Crippen LogP contribution in [0.1, 0.15) is 30.8 Å². The maximum Gasteiger partial charge on any atom is 0.216 e. The third kappa shape index (κ3) is 3.97. The first-order chi connectivity index (χ1) is 8.41.